The van der Waals surface area contributed by atoms with E-state index in [0.717, 1.165) is 10.2 Å². The first-order valence-electron chi connectivity index (χ1n) is 5.29. The average molecular weight is 239 g/mol. The van der Waals surface area contributed by atoms with Crippen LogP contribution in [-0.4, -0.2) is 22.0 Å². The van der Waals surface area contributed by atoms with Gasteiger partial charge in [0.05, 0.1) is 5.30 Å². The number of aryl methyl sites for hydroxylation is 1. The van der Waals surface area contributed by atoms with Crippen molar-refractivity contribution in [2.45, 2.75) is 19.8 Å². The van der Waals surface area contributed by atoms with Crippen molar-refractivity contribution in [1.82, 2.24) is 4.67 Å². The Bertz CT molecular complexity index is 472. The highest BCUT2D eigenvalue weighted by atomic mass is 31.2. The third-order valence-electron chi connectivity index (χ3n) is 2.84. The van der Waals surface area contributed by atoms with Crippen LogP contribution in [0.3, 0.4) is 0 Å². The summed E-state index contributed by atoms with van der Waals surface area (Å²) in [6.07, 6.45) is 1.06. The molecule has 0 radical (unpaired) electrons. The second-order valence-electron chi connectivity index (χ2n) is 3.79. The number of benzene rings is 1. The second kappa shape index (κ2) is 4.04. The summed E-state index contributed by atoms with van der Waals surface area (Å²) < 4.78 is 13.3. The zero-order valence-electron chi connectivity index (χ0n) is 9.09. The van der Waals surface area contributed by atoms with E-state index >= 15 is 0 Å². The van der Waals surface area contributed by atoms with Crippen molar-refractivity contribution in [3.05, 3.63) is 29.8 Å². The normalized spacial score (nSPS) is 19.1. The minimum Gasteiger partial charge on any atom is -0.326 e. The van der Waals surface area contributed by atoms with Gasteiger partial charge in [-0.25, -0.2) is 0 Å². The van der Waals surface area contributed by atoms with Gasteiger partial charge >= 0.3 is 7.52 Å². The molecule has 0 spiro atoms. The molecule has 1 fully saturated rings. The summed E-state index contributed by atoms with van der Waals surface area (Å²) >= 11 is 0. The summed E-state index contributed by atoms with van der Waals surface area (Å²) in [4.78, 5) is 21.3. The lowest BCUT2D eigenvalue weighted by molar-refractivity contribution is -0.133. The van der Waals surface area contributed by atoms with Gasteiger partial charge in [0.25, 0.3) is 0 Å². The minimum atomic E-state index is -3.68. The Kier molecular flexibility index (Phi) is 2.87. The molecule has 1 amide bonds. The van der Waals surface area contributed by atoms with E-state index in [1.54, 1.807) is 12.1 Å². The molecule has 0 aromatic heterocycles. The van der Waals surface area contributed by atoms with Crippen LogP contribution in [0.1, 0.15) is 18.9 Å². The quantitative estimate of drug-likeness (QED) is 0.638. The molecule has 1 N–H and O–H groups in total. The summed E-state index contributed by atoms with van der Waals surface area (Å²) in [6, 6.07) is 7.01. The molecule has 1 aromatic rings. The first-order valence-corrected chi connectivity index (χ1v) is 6.90. The fraction of sp³-hybridized carbons (Fsp3) is 0.364. The molecule has 0 bridgehead atoms. The molecule has 0 aliphatic carbocycles. The van der Waals surface area contributed by atoms with E-state index in [4.69, 9.17) is 0 Å². The predicted octanol–water partition coefficient (Wildman–Crippen LogP) is 1.29. The average Bonchev–Trinajstić information content (AvgIpc) is 2.26. The summed E-state index contributed by atoms with van der Waals surface area (Å²) in [5, 5.41) is 0.394. The predicted molar refractivity (Wildman–Crippen MR) is 61.6 cm³/mol. The molecule has 0 saturated carbocycles. The van der Waals surface area contributed by atoms with E-state index in [9.17, 15) is 14.3 Å². The number of carbonyl (C=O) groups is 1. The molecule has 4 nitrogen and oxygen atoms in total. The third kappa shape index (κ3) is 1.68. The molecule has 1 aliphatic rings. The Balaban J connectivity index is 2.42. The van der Waals surface area contributed by atoms with Gasteiger partial charge in [0.2, 0.25) is 5.91 Å². The number of carbonyl (C=O) groups excluding carboxylic acids is 1. The zero-order valence-corrected chi connectivity index (χ0v) is 9.98. The Morgan fingerprint density at radius 1 is 1.44 bits per heavy atom. The molecule has 1 unspecified atom stereocenters. The molecule has 2 rings (SSSR count). The lowest BCUT2D eigenvalue weighted by Crippen LogP contribution is -2.43. The van der Waals surface area contributed by atoms with Crippen molar-refractivity contribution in [2.24, 2.45) is 0 Å². The van der Waals surface area contributed by atoms with Crippen LogP contribution in [0.25, 0.3) is 0 Å². The van der Waals surface area contributed by atoms with Crippen molar-refractivity contribution in [1.29, 1.82) is 0 Å². The Morgan fingerprint density at radius 3 is 2.62 bits per heavy atom. The van der Waals surface area contributed by atoms with Crippen LogP contribution in [0, 0.1) is 0 Å². The molecule has 1 aliphatic heterocycles. The van der Waals surface area contributed by atoms with Crippen LogP contribution in [0.2, 0.25) is 0 Å². The highest BCUT2D eigenvalue weighted by Crippen LogP contribution is 2.48. The topological polar surface area (TPSA) is 57.6 Å². The first-order chi connectivity index (χ1) is 7.57. The first kappa shape index (κ1) is 11.4. The summed E-state index contributed by atoms with van der Waals surface area (Å²) in [6.45, 7) is 2.31. The van der Waals surface area contributed by atoms with Gasteiger partial charge in [0.1, 0.15) is 0 Å². The molecule has 1 heterocycles. The van der Waals surface area contributed by atoms with Crippen molar-refractivity contribution in [3.63, 3.8) is 0 Å². The highest BCUT2D eigenvalue weighted by Gasteiger charge is 2.40. The van der Waals surface area contributed by atoms with E-state index in [2.05, 4.69) is 0 Å². The second-order valence-corrected chi connectivity index (χ2v) is 5.85. The van der Waals surface area contributed by atoms with E-state index in [-0.39, 0.29) is 5.91 Å². The number of β-lactam (4-membered cyclic amide) rings is 1. The lowest BCUT2D eigenvalue weighted by Gasteiger charge is -2.35. The van der Waals surface area contributed by atoms with Gasteiger partial charge in [-0.2, -0.15) is 0 Å². The molecular formula is C11H14NO3P. The van der Waals surface area contributed by atoms with Crippen molar-refractivity contribution in [3.8, 4) is 0 Å². The molecule has 1 atom stereocenters. The van der Waals surface area contributed by atoms with Crippen LogP contribution in [0.4, 0.5) is 0 Å². The molecule has 86 valence electrons. The van der Waals surface area contributed by atoms with Crippen LogP contribution in [0.15, 0.2) is 24.3 Å². The van der Waals surface area contributed by atoms with E-state index in [1.165, 1.54) is 0 Å². The number of hydrogen-bond acceptors (Lipinski definition) is 2. The molecule has 1 aromatic carbocycles. The lowest BCUT2D eigenvalue weighted by atomic mass is 10.2. The Labute approximate surface area is 94.4 Å². The van der Waals surface area contributed by atoms with Crippen LogP contribution < -0.4 is 5.30 Å². The number of nitrogens with zero attached hydrogens (tertiary/aromatic N) is 1. The maximum atomic E-state index is 12.2. The number of rotatable bonds is 3. The van der Waals surface area contributed by atoms with Crippen LogP contribution in [-0.2, 0) is 15.8 Å². The zero-order chi connectivity index (χ0) is 11.8. The summed E-state index contributed by atoms with van der Waals surface area (Å²) in [5.74, 6) is -0.239. The maximum Gasteiger partial charge on any atom is 0.326 e. The monoisotopic (exact) mass is 239 g/mol. The van der Waals surface area contributed by atoms with Crippen molar-refractivity contribution < 1.29 is 14.3 Å². The maximum absolute atomic E-state index is 12.2. The smallest absolute Gasteiger partial charge is 0.326 e. The van der Waals surface area contributed by atoms with Gasteiger partial charge in [-0.05, 0) is 18.1 Å². The van der Waals surface area contributed by atoms with Crippen LogP contribution in [0.5, 0.6) is 0 Å². The minimum absolute atomic E-state index is 0.239. The van der Waals surface area contributed by atoms with Crippen LogP contribution >= 0.6 is 7.52 Å². The molecule has 1 saturated heterocycles. The molecule has 5 heteroatoms. The summed E-state index contributed by atoms with van der Waals surface area (Å²) in [7, 11) is -3.68. The van der Waals surface area contributed by atoms with Gasteiger partial charge < -0.3 is 4.89 Å². The fourth-order valence-electron chi connectivity index (χ4n) is 1.81. The van der Waals surface area contributed by atoms with Gasteiger partial charge in [-0.1, -0.05) is 25.1 Å². The van der Waals surface area contributed by atoms with Gasteiger partial charge in [-0.3, -0.25) is 14.0 Å². The van der Waals surface area contributed by atoms with Gasteiger partial charge in [-0.15, -0.1) is 0 Å². The Morgan fingerprint density at radius 2 is 2.12 bits per heavy atom. The summed E-state index contributed by atoms with van der Waals surface area (Å²) in [5.41, 5.74) is 0.827. The van der Waals surface area contributed by atoms with Crippen molar-refractivity contribution >= 4 is 18.7 Å². The molecule has 16 heavy (non-hydrogen) atoms. The molecular weight excluding hydrogens is 225 g/mol. The SMILES string of the molecule is CCc1ccccc1P(=O)(O)N1CCC1=O. The number of hydrogen-bond donors (Lipinski definition) is 1. The van der Waals surface area contributed by atoms with Gasteiger partial charge in [0.15, 0.2) is 0 Å². The van der Waals surface area contributed by atoms with E-state index in [0.29, 0.717) is 24.7 Å². The van der Waals surface area contributed by atoms with Crippen molar-refractivity contribution in [2.75, 3.05) is 6.54 Å². The standard InChI is InChI=1S/C11H14NO3P/c1-2-9-5-3-4-6-10(9)16(14,15)12-8-7-11(12)13/h3-6H,2,7-8H2,1H3,(H,14,15). The van der Waals surface area contributed by atoms with E-state index in [1.807, 2.05) is 19.1 Å². The Hall–Kier alpha value is -1.12. The third-order valence-corrected chi connectivity index (χ3v) is 4.98. The fourth-order valence-corrected chi connectivity index (χ4v) is 3.73. The highest BCUT2D eigenvalue weighted by molar-refractivity contribution is 7.64. The van der Waals surface area contributed by atoms with E-state index < -0.39 is 7.52 Å². The van der Waals surface area contributed by atoms with Gasteiger partial charge in [0, 0.05) is 13.0 Å². The largest absolute Gasteiger partial charge is 0.326 e. The number of amides is 1.